The molecule has 0 spiro atoms. The van der Waals surface area contributed by atoms with Crippen molar-refractivity contribution in [2.75, 3.05) is 24.5 Å². The van der Waals surface area contributed by atoms with Gasteiger partial charge in [-0.15, -0.1) is 17.5 Å². The lowest BCUT2D eigenvalue weighted by Gasteiger charge is -2.22. The first-order valence-electron chi connectivity index (χ1n) is 9.12. The summed E-state index contributed by atoms with van der Waals surface area (Å²) in [5.41, 5.74) is 0.976. The molecule has 4 rings (SSSR count). The summed E-state index contributed by atoms with van der Waals surface area (Å²) in [6, 6.07) is 6.83. The predicted octanol–water partition coefficient (Wildman–Crippen LogP) is 1.81. The van der Waals surface area contributed by atoms with Gasteiger partial charge in [0.1, 0.15) is 6.04 Å². The molecular weight excluding hydrogens is 403 g/mol. The zero-order valence-electron chi connectivity index (χ0n) is 15.2. The number of carbonyl (C=O) groups excluding carboxylic acids is 2. The van der Waals surface area contributed by atoms with Crippen molar-refractivity contribution in [1.82, 2.24) is 25.6 Å². The average Bonchev–Trinajstić information content (AvgIpc) is 3.30. The molecule has 0 radical (unpaired) electrons. The van der Waals surface area contributed by atoms with Crippen LogP contribution >= 0.6 is 24.0 Å². The number of rotatable bonds is 4. The average molecular weight is 425 g/mol. The Hall–Kier alpha value is -2.16. The summed E-state index contributed by atoms with van der Waals surface area (Å²) in [5.74, 6) is -0.516. The number of carbonyl (C=O) groups is 2. The van der Waals surface area contributed by atoms with Gasteiger partial charge < -0.3 is 15.5 Å². The van der Waals surface area contributed by atoms with Crippen LogP contribution in [0, 0.1) is 0 Å². The van der Waals surface area contributed by atoms with E-state index in [0.717, 1.165) is 31.6 Å². The molecule has 1 unspecified atom stereocenters. The molecule has 2 saturated heterocycles. The molecular formula is C18H22Cl2N6O2. The van der Waals surface area contributed by atoms with E-state index < -0.39 is 6.04 Å². The van der Waals surface area contributed by atoms with Crippen molar-refractivity contribution in [1.29, 1.82) is 0 Å². The third kappa shape index (κ3) is 4.29. The number of amides is 2. The fourth-order valence-corrected chi connectivity index (χ4v) is 3.76. The number of nitrogens with one attached hydrogen (secondary N) is 2. The van der Waals surface area contributed by atoms with Crippen LogP contribution in [0.5, 0.6) is 0 Å². The molecule has 1 atom stereocenters. The number of benzene rings is 1. The van der Waals surface area contributed by atoms with E-state index in [1.54, 1.807) is 34.0 Å². The Morgan fingerprint density at radius 1 is 1.25 bits per heavy atom. The van der Waals surface area contributed by atoms with Crippen molar-refractivity contribution in [3.63, 3.8) is 0 Å². The van der Waals surface area contributed by atoms with Gasteiger partial charge >= 0.3 is 0 Å². The van der Waals surface area contributed by atoms with Gasteiger partial charge in [-0.25, -0.2) is 4.68 Å². The van der Waals surface area contributed by atoms with Crippen molar-refractivity contribution >= 4 is 41.5 Å². The molecule has 8 nitrogen and oxygen atoms in total. The summed E-state index contributed by atoms with van der Waals surface area (Å²) in [7, 11) is 0. The van der Waals surface area contributed by atoms with Gasteiger partial charge in [0, 0.05) is 17.3 Å². The highest BCUT2D eigenvalue weighted by Crippen LogP contribution is 2.24. The van der Waals surface area contributed by atoms with E-state index in [-0.39, 0.29) is 36.0 Å². The second kappa shape index (κ2) is 8.89. The summed E-state index contributed by atoms with van der Waals surface area (Å²) < 4.78 is 1.75. The molecule has 3 heterocycles. The van der Waals surface area contributed by atoms with E-state index in [1.807, 2.05) is 6.07 Å². The van der Waals surface area contributed by atoms with Crippen molar-refractivity contribution in [2.45, 2.75) is 31.3 Å². The van der Waals surface area contributed by atoms with Crippen LogP contribution < -0.4 is 15.5 Å². The van der Waals surface area contributed by atoms with E-state index in [9.17, 15) is 9.59 Å². The quantitative estimate of drug-likeness (QED) is 0.780. The van der Waals surface area contributed by atoms with Gasteiger partial charge in [0.2, 0.25) is 5.91 Å². The number of hydrogen-bond acceptors (Lipinski definition) is 5. The van der Waals surface area contributed by atoms with Gasteiger partial charge in [-0.1, -0.05) is 22.9 Å². The summed E-state index contributed by atoms with van der Waals surface area (Å²) in [5, 5.41) is 14.7. The van der Waals surface area contributed by atoms with E-state index in [1.165, 1.54) is 0 Å². The molecule has 2 aliphatic rings. The maximum Gasteiger partial charge on any atom is 0.274 e. The highest BCUT2D eigenvalue weighted by atomic mass is 35.5. The Labute approximate surface area is 174 Å². The molecule has 28 heavy (non-hydrogen) atoms. The molecule has 0 bridgehead atoms. The van der Waals surface area contributed by atoms with Crippen LogP contribution in [-0.2, 0) is 4.79 Å². The molecule has 2 amide bonds. The molecule has 2 aromatic rings. The monoisotopic (exact) mass is 424 g/mol. The number of piperidine rings is 1. The lowest BCUT2D eigenvalue weighted by Crippen LogP contribution is -2.41. The molecule has 0 aliphatic carbocycles. The fourth-order valence-electron chi connectivity index (χ4n) is 3.58. The molecule has 2 fully saturated rings. The molecule has 2 aliphatic heterocycles. The van der Waals surface area contributed by atoms with Crippen molar-refractivity contribution in [2.24, 2.45) is 0 Å². The van der Waals surface area contributed by atoms with Crippen LogP contribution in [0.3, 0.4) is 0 Å². The number of aromatic nitrogens is 3. The van der Waals surface area contributed by atoms with E-state index in [2.05, 4.69) is 20.9 Å². The first kappa shape index (κ1) is 20.6. The Bertz CT molecular complexity index is 852. The van der Waals surface area contributed by atoms with Crippen LogP contribution in [0.25, 0.3) is 0 Å². The SMILES string of the molecule is Cl.O=C(NC1CCN(c2cccc(Cl)c2)C1=O)c1cn(C2CCNCC2)nn1. The van der Waals surface area contributed by atoms with Crippen LogP contribution in [0.1, 0.15) is 35.8 Å². The molecule has 150 valence electrons. The lowest BCUT2D eigenvalue weighted by molar-refractivity contribution is -0.118. The second-order valence-corrected chi connectivity index (χ2v) is 7.29. The number of hydrogen-bond donors (Lipinski definition) is 2. The van der Waals surface area contributed by atoms with E-state index >= 15 is 0 Å². The number of nitrogens with zero attached hydrogens (tertiary/aromatic N) is 4. The number of anilines is 1. The third-order valence-corrected chi connectivity index (χ3v) is 5.29. The zero-order chi connectivity index (χ0) is 18.8. The van der Waals surface area contributed by atoms with Gasteiger partial charge in [-0.2, -0.15) is 0 Å². The second-order valence-electron chi connectivity index (χ2n) is 6.85. The first-order valence-corrected chi connectivity index (χ1v) is 9.50. The van der Waals surface area contributed by atoms with Crippen LogP contribution in [0.15, 0.2) is 30.5 Å². The van der Waals surface area contributed by atoms with Gasteiger partial charge in [0.15, 0.2) is 5.69 Å². The summed E-state index contributed by atoms with van der Waals surface area (Å²) >= 11 is 6.01. The Balaban J connectivity index is 0.00000225. The molecule has 1 aromatic heterocycles. The van der Waals surface area contributed by atoms with E-state index in [0.29, 0.717) is 18.0 Å². The van der Waals surface area contributed by atoms with Crippen molar-refractivity contribution < 1.29 is 9.59 Å². The van der Waals surface area contributed by atoms with Crippen LogP contribution in [0.4, 0.5) is 5.69 Å². The van der Waals surface area contributed by atoms with Gasteiger partial charge in [-0.05, 0) is 50.6 Å². The molecule has 0 saturated carbocycles. The summed E-state index contributed by atoms with van der Waals surface area (Å²) in [6.07, 6.45) is 4.12. The minimum atomic E-state index is -0.569. The van der Waals surface area contributed by atoms with Gasteiger partial charge in [-0.3, -0.25) is 9.59 Å². The van der Waals surface area contributed by atoms with Gasteiger partial charge in [0.05, 0.1) is 12.2 Å². The third-order valence-electron chi connectivity index (χ3n) is 5.06. The minimum Gasteiger partial charge on any atom is -0.339 e. The molecule has 10 heteroatoms. The van der Waals surface area contributed by atoms with Crippen LogP contribution in [0.2, 0.25) is 5.02 Å². The maximum atomic E-state index is 12.7. The largest absolute Gasteiger partial charge is 0.339 e. The van der Waals surface area contributed by atoms with Crippen molar-refractivity contribution in [3.8, 4) is 0 Å². The smallest absolute Gasteiger partial charge is 0.274 e. The number of halogens is 2. The Morgan fingerprint density at radius 3 is 2.79 bits per heavy atom. The molecule has 2 N–H and O–H groups in total. The Kier molecular flexibility index (Phi) is 6.53. The fraction of sp³-hybridized carbons (Fsp3) is 0.444. The zero-order valence-corrected chi connectivity index (χ0v) is 16.7. The van der Waals surface area contributed by atoms with Crippen molar-refractivity contribution in [3.05, 3.63) is 41.2 Å². The highest BCUT2D eigenvalue weighted by molar-refractivity contribution is 6.31. The highest BCUT2D eigenvalue weighted by Gasteiger charge is 2.34. The Morgan fingerprint density at radius 2 is 2.04 bits per heavy atom. The van der Waals surface area contributed by atoms with Gasteiger partial charge in [0.25, 0.3) is 5.91 Å². The lowest BCUT2D eigenvalue weighted by atomic mass is 10.1. The normalized spacial score (nSPS) is 20.1. The maximum absolute atomic E-state index is 12.7. The standard InChI is InChI=1S/C18H21ClN6O2.ClH/c19-12-2-1-3-14(10-12)24-9-6-15(18(24)27)21-17(26)16-11-25(23-22-16)13-4-7-20-8-5-13;/h1-3,10-11,13,15,20H,4-9H2,(H,21,26);1H. The first-order chi connectivity index (χ1) is 13.1. The van der Waals surface area contributed by atoms with Crippen LogP contribution in [-0.4, -0.2) is 52.5 Å². The topological polar surface area (TPSA) is 92.2 Å². The minimum absolute atomic E-state index is 0. The predicted molar refractivity (Wildman–Crippen MR) is 108 cm³/mol. The summed E-state index contributed by atoms with van der Waals surface area (Å²) in [6.45, 7) is 2.40. The molecule has 1 aromatic carbocycles. The van der Waals surface area contributed by atoms with E-state index in [4.69, 9.17) is 11.6 Å². The summed E-state index contributed by atoms with van der Waals surface area (Å²) in [4.78, 5) is 26.8.